The molecule has 0 spiro atoms. The van der Waals surface area contributed by atoms with Crippen molar-refractivity contribution in [1.29, 1.82) is 0 Å². The van der Waals surface area contributed by atoms with Gasteiger partial charge in [0, 0.05) is 12.6 Å². The molecule has 0 atom stereocenters. The molecule has 0 saturated carbocycles. The molecular formula is C15H19N3O. The summed E-state index contributed by atoms with van der Waals surface area (Å²) >= 11 is 0. The summed E-state index contributed by atoms with van der Waals surface area (Å²) in [6.07, 6.45) is 0.786. The van der Waals surface area contributed by atoms with E-state index in [1.807, 2.05) is 0 Å². The topological polar surface area (TPSA) is 60.9 Å². The third-order valence-electron chi connectivity index (χ3n) is 3.85. The fourth-order valence-electron chi connectivity index (χ4n) is 2.43. The molecule has 2 N–H and O–H groups in total. The van der Waals surface area contributed by atoms with Gasteiger partial charge in [0.25, 0.3) is 0 Å². The number of carbonyl (C=O) groups is 1. The summed E-state index contributed by atoms with van der Waals surface area (Å²) in [7, 11) is 1.75. The van der Waals surface area contributed by atoms with Crippen LogP contribution < -0.4 is 5.73 Å². The first kappa shape index (κ1) is 13.3. The SMILES string of the molecule is Cc1cc(C)c(C)c(-c2nn(C)c(N)c2C=O)c1C. The summed E-state index contributed by atoms with van der Waals surface area (Å²) in [6.45, 7) is 8.24. The quantitative estimate of drug-likeness (QED) is 0.841. The molecule has 0 unspecified atom stereocenters. The predicted octanol–water partition coefficient (Wildman–Crippen LogP) is 2.72. The molecule has 0 aliphatic heterocycles. The van der Waals surface area contributed by atoms with E-state index in [0.29, 0.717) is 17.1 Å². The summed E-state index contributed by atoms with van der Waals surface area (Å²) in [5.41, 5.74) is 12.7. The number of aryl methyl sites for hydroxylation is 3. The fourth-order valence-corrected chi connectivity index (χ4v) is 2.43. The van der Waals surface area contributed by atoms with Crippen LogP contribution in [0.25, 0.3) is 11.3 Å². The molecule has 2 aromatic rings. The second kappa shape index (κ2) is 4.53. The van der Waals surface area contributed by atoms with Crippen LogP contribution in [0.4, 0.5) is 5.82 Å². The van der Waals surface area contributed by atoms with E-state index in [9.17, 15) is 4.79 Å². The molecule has 0 aliphatic carbocycles. The molecule has 0 bridgehead atoms. The number of aromatic nitrogens is 2. The van der Waals surface area contributed by atoms with Gasteiger partial charge in [-0.1, -0.05) is 6.07 Å². The highest BCUT2D eigenvalue weighted by Gasteiger charge is 2.19. The number of aldehydes is 1. The highest BCUT2D eigenvalue weighted by molar-refractivity contribution is 5.93. The lowest BCUT2D eigenvalue weighted by Gasteiger charge is -2.14. The van der Waals surface area contributed by atoms with Crippen LogP contribution in [0.1, 0.15) is 32.6 Å². The van der Waals surface area contributed by atoms with Gasteiger partial charge in [0.05, 0.1) is 5.56 Å². The Morgan fingerprint density at radius 3 is 2.16 bits per heavy atom. The number of hydrogen-bond acceptors (Lipinski definition) is 3. The Bertz CT molecular complexity index is 643. The number of nitrogen functional groups attached to an aromatic ring is 1. The van der Waals surface area contributed by atoms with Gasteiger partial charge in [-0.25, -0.2) is 0 Å². The number of rotatable bonds is 2. The number of benzene rings is 1. The van der Waals surface area contributed by atoms with Gasteiger partial charge >= 0.3 is 0 Å². The van der Waals surface area contributed by atoms with Gasteiger partial charge < -0.3 is 5.73 Å². The van der Waals surface area contributed by atoms with Crippen molar-refractivity contribution in [1.82, 2.24) is 9.78 Å². The van der Waals surface area contributed by atoms with Gasteiger partial charge in [-0.2, -0.15) is 5.10 Å². The maximum atomic E-state index is 11.3. The van der Waals surface area contributed by atoms with Crippen molar-refractivity contribution in [3.05, 3.63) is 33.9 Å². The summed E-state index contributed by atoms with van der Waals surface area (Å²) < 4.78 is 1.55. The van der Waals surface area contributed by atoms with Gasteiger partial charge in [0.15, 0.2) is 6.29 Å². The van der Waals surface area contributed by atoms with E-state index in [-0.39, 0.29) is 0 Å². The number of anilines is 1. The minimum absolute atomic E-state index is 0.406. The zero-order valence-electron chi connectivity index (χ0n) is 12.0. The van der Waals surface area contributed by atoms with Crippen molar-refractivity contribution in [3.63, 3.8) is 0 Å². The van der Waals surface area contributed by atoms with Gasteiger partial charge in [0.2, 0.25) is 0 Å². The maximum absolute atomic E-state index is 11.3. The number of carbonyl (C=O) groups excluding carboxylic acids is 1. The van der Waals surface area contributed by atoms with Crippen molar-refractivity contribution in [3.8, 4) is 11.3 Å². The molecule has 1 aromatic carbocycles. The Kier molecular flexibility index (Phi) is 3.18. The first-order valence-corrected chi connectivity index (χ1v) is 6.23. The standard InChI is InChI=1S/C15H19N3O/c1-8-6-9(2)11(4)13(10(8)3)14-12(7-19)15(16)18(5)17-14/h6-7H,16H2,1-5H3. The third-order valence-corrected chi connectivity index (χ3v) is 3.85. The second-order valence-corrected chi connectivity index (χ2v) is 5.02. The Labute approximate surface area is 113 Å². The molecule has 2 rings (SSSR count). The van der Waals surface area contributed by atoms with Crippen LogP contribution in [0.2, 0.25) is 0 Å². The van der Waals surface area contributed by atoms with Crippen LogP contribution in [0.3, 0.4) is 0 Å². The molecular weight excluding hydrogens is 238 g/mol. The molecule has 0 amide bonds. The molecule has 1 aromatic heterocycles. The van der Waals surface area contributed by atoms with Crippen molar-refractivity contribution in [2.75, 3.05) is 5.73 Å². The minimum atomic E-state index is 0.406. The fraction of sp³-hybridized carbons (Fsp3) is 0.333. The van der Waals surface area contributed by atoms with Crippen LogP contribution >= 0.6 is 0 Å². The molecule has 1 heterocycles. The zero-order valence-corrected chi connectivity index (χ0v) is 12.0. The molecule has 100 valence electrons. The van der Waals surface area contributed by atoms with Crippen LogP contribution in [0.15, 0.2) is 6.07 Å². The van der Waals surface area contributed by atoms with Crippen molar-refractivity contribution in [2.24, 2.45) is 7.05 Å². The van der Waals surface area contributed by atoms with Gasteiger partial charge in [-0.15, -0.1) is 0 Å². The molecule has 0 radical (unpaired) electrons. The Hall–Kier alpha value is -2.10. The first-order valence-electron chi connectivity index (χ1n) is 6.23. The Morgan fingerprint density at radius 2 is 1.68 bits per heavy atom. The largest absolute Gasteiger partial charge is 0.383 e. The first-order chi connectivity index (χ1) is 8.88. The lowest BCUT2D eigenvalue weighted by molar-refractivity contribution is 0.112. The lowest BCUT2D eigenvalue weighted by Crippen LogP contribution is -1.98. The number of hydrogen-bond donors (Lipinski definition) is 1. The smallest absolute Gasteiger partial charge is 0.156 e. The molecule has 0 saturated heterocycles. The molecule has 4 nitrogen and oxygen atoms in total. The maximum Gasteiger partial charge on any atom is 0.156 e. The van der Waals surface area contributed by atoms with Crippen molar-refractivity contribution >= 4 is 12.1 Å². The van der Waals surface area contributed by atoms with E-state index in [1.54, 1.807) is 11.7 Å². The van der Waals surface area contributed by atoms with Crippen LogP contribution in [0.5, 0.6) is 0 Å². The van der Waals surface area contributed by atoms with E-state index >= 15 is 0 Å². The monoisotopic (exact) mass is 257 g/mol. The van der Waals surface area contributed by atoms with Crippen LogP contribution in [-0.2, 0) is 7.05 Å². The normalized spacial score (nSPS) is 10.8. The van der Waals surface area contributed by atoms with E-state index in [1.165, 1.54) is 11.1 Å². The average molecular weight is 257 g/mol. The summed E-state index contributed by atoms with van der Waals surface area (Å²) in [5, 5.41) is 4.42. The molecule has 0 fully saturated rings. The lowest BCUT2D eigenvalue weighted by atomic mass is 9.91. The van der Waals surface area contributed by atoms with Gasteiger partial charge in [-0.05, 0) is 49.9 Å². The Morgan fingerprint density at radius 1 is 1.16 bits per heavy atom. The van der Waals surface area contributed by atoms with Crippen LogP contribution in [0, 0.1) is 27.7 Å². The van der Waals surface area contributed by atoms with E-state index in [4.69, 9.17) is 5.73 Å². The summed E-state index contributed by atoms with van der Waals surface area (Å²) in [6, 6.07) is 2.15. The van der Waals surface area contributed by atoms with Crippen molar-refractivity contribution in [2.45, 2.75) is 27.7 Å². The van der Waals surface area contributed by atoms with Crippen molar-refractivity contribution < 1.29 is 4.79 Å². The number of nitrogens with two attached hydrogens (primary N) is 1. The Balaban J connectivity index is 2.86. The summed E-state index contributed by atoms with van der Waals surface area (Å²) in [4.78, 5) is 11.3. The molecule has 0 aliphatic rings. The minimum Gasteiger partial charge on any atom is -0.383 e. The van der Waals surface area contributed by atoms with E-state index in [0.717, 1.165) is 23.0 Å². The highest BCUT2D eigenvalue weighted by Crippen LogP contribution is 2.33. The van der Waals surface area contributed by atoms with E-state index in [2.05, 4.69) is 38.9 Å². The predicted molar refractivity (Wildman–Crippen MR) is 77.4 cm³/mol. The van der Waals surface area contributed by atoms with Crippen LogP contribution in [-0.4, -0.2) is 16.1 Å². The zero-order chi connectivity index (χ0) is 14.3. The van der Waals surface area contributed by atoms with Gasteiger partial charge in [-0.3, -0.25) is 9.48 Å². The third kappa shape index (κ3) is 1.93. The van der Waals surface area contributed by atoms with Gasteiger partial charge in [0.1, 0.15) is 11.5 Å². The molecule has 4 heteroatoms. The number of nitrogens with zero attached hydrogens (tertiary/aromatic N) is 2. The van der Waals surface area contributed by atoms with E-state index < -0.39 is 0 Å². The molecule has 19 heavy (non-hydrogen) atoms. The second-order valence-electron chi connectivity index (χ2n) is 5.02. The average Bonchev–Trinajstić information content (AvgIpc) is 2.63. The summed E-state index contributed by atoms with van der Waals surface area (Å²) in [5.74, 6) is 0.406. The highest BCUT2D eigenvalue weighted by atomic mass is 16.1.